The average molecular weight is 258 g/mol. The summed E-state index contributed by atoms with van der Waals surface area (Å²) in [5.74, 6) is 5.66. The van der Waals surface area contributed by atoms with Crippen LogP contribution in [0.15, 0.2) is 36.5 Å². The summed E-state index contributed by atoms with van der Waals surface area (Å²) in [5.41, 5.74) is 6.78. The number of benzene rings is 1. The van der Waals surface area contributed by atoms with Crippen molar-refractivity contribution in [1.82, 2.24) is 15.2 Å². The quantitative estimate of drug-likeness (QED) is 0.613. The molecule has 0 fully saturated rings. The third-order valence-corrected chi connectivity index (χ3v) is 3.47. The first kappa shape index (κ1) is 13.8. The van der Waals surface area contributed by atoms with Crippen LogP contribution in [0.5, 0.6) is 0 Å². The number of nitrogens with zero attached hydrogens (tertiary/aromatic N) is 2. The van der Waals surface area contributed by atoms with Gasteiger partial charge in [-0.15, -0.1) is 0 Å². The van der Waals surface area contributed by atoms with Crippen molar-refractivity contribution in [3.8, 4) is 0 Å². The molecular weight excluding hydrogens is 236 g/mol. The van der Waals surface area contributed by atoms with Gasteiger partial charge in [0.25, 0.3) is 0 Å². The molecule has 0 aliphatic rings. The molecule has 0 bridgehead atoms. The lowest BCUT2D eigenvalue weighted by Gasteiger charge is -2.16. The van der Waals surface area contributed by atoms with E-state index >= 15 is 0 Å². The second-order valence-electron chi connectivity index (χ2n) is 5.04. The van der Waals surface area contributed by atoms with Gasteiger partial charge in [-0.2, -0.15) is 5.10 Å². The van der Waals surface area contributed by atoms with Crippen molar-refractivity contribution in [3.63, 3.8) is 0 Å². The molecule has 3 N–H and O–H groups in total. The molecular formula is C15H22N4. The Balaban J connectivity index is 1.92. The van der Waals surface area contributed by atoms with E-state index in [-0.39, 0.29) is 6.04 Å². The maximum atomic E-state index is 5.66. The molecule has 2 rings (SSSR count). The molecule has 102 valence electrons. The molecule has 0 saturated carbocycles. The van der Waals surface area contributed by atoms with E-state index in [1.165, 1.54) is 16.8 Å². The number of hydrazine groups is 1. The van der Waals surface area contributed by atoms with Crippen LogP contribution in [0.1, 0.15) is 23.2 Å². The van der Waals surface area contributed by atoms with Crippen LogP contribution in [0.25, 0.3) is 0 Å². The van der Waals surface area contributed by atoms with Crippen LogP contribution in [-0.2, 0) is 19.9 Å². The zero-order chi connectivity index (χ0) is 13.7. The van der Waals surface area contributed by atoms with Crippen LogP contribution in [0, 0.1) is 6.92 Å². The summed E-state index contributed by atoms with van der Waals surface area (Å²) in [7, 11) is 1.97. The smallest absolute Gasteiger partial charge is 0.0492 e. The Morgan fingerprint density at radius 2 is 2.21 bits per heavy atom. The molecule has 0 saturated heterocycles. The van der Waals surface area contributed by atoms with E-state index < -0.39 is 0 Å². The summed E-state index contributed by atoms with van der Waals surface area (Å²) in [5, 5.41) is 4.18. The zero-order valence-corrected chi connectivity index (χ0v) is 11.6. The number of nitrogens with one attached hydrogen (secondary N) is 1. The van der Waals surface area contributed by atoms with Crippen LogP contribution in [0.2, 0.25) is 0 Å². The molecule has 1 aromatic heterocycles. The Kier molecular flexibility index (Phi) is 4.71. The van der Waals surface area contributed by atoms with Crippen molar-refractivity contribution < 1.29 is 0 Å². The molecule has 0 radical (unpaired) electrons. The third-order valence-electron chi connectivity index (χ3n) is 3.47. The topological polar surface area (TPSA) is 55.9 Å². The summed E-state index contributed by atoms with van der Waals surface area (Å²) < 4.78 is 1.92. The van der Waals surface area contributed by atoms with E-state index in [9.17, 15) is 0 Å². The number of rotatable bonds is 6. The lowest BCUT2D eigenvalue weighted by molar-refractivity contribution is 0.484. The maximum absolute atomic E-state index is 5.66. The Bertz CT molecular complexity index is 518. The molecule has 0 aliphatic carbocycles. The number of hydrogen-bond donors (Lipinski definition) is 2. The second-order valence-corrected chi connectivity index (χ2v) is 5.04. The van der Waals surface area contributed by atoms with E-state index in [1.54, 1.807) is 0 Å². The zero-order valence-electron chi connectivity index (χ0n) is 11.6. The Morgan fingerprint density at radius 1 is 1.37 bits per heavy atom. The Morgan fingerprint density at radius 3 is 2.84 bits per heavy atom. The van der Waals surface area contributed by atoms with Gasteiger partial charge in [-0.25, -0.2) is 0 Å². The fourth-order valence-electron chi connectivity index (χ4n) is 2.34. The van der Waals surface area contributed by atoms with Gasteiger partial charge in [-0.1, -0.05) is 29.8 Å². The Labute approximate surface area is 114 Å². The van der Waals surface area contributed by atoms with Gasteiger partial charge in [0, 0.05) is 25.0 Å². The van der Waals surface area contributed by atoms with Gasteiger partial charge in [-0.3, -0.25) is 16.0 Å². The van der Waals surface area contributed by atoms with E-state index in [0.29, 0.717) is 0 Å². The normalized spacial score (nSPS) is 12.6. The second kappa shape index (κ2) is 6.50. The SMILES string of the molecule is Cc1cccc(CC(CCc2ccnn2C)NN)c1. The summed E-state index contributed by atoms with van der Waals surface area (Å²) in [6, 6.07) is 10.9. The number of aromatic nitrogens is 2. The van der Waals surface area contributed by atoms with E-state index in [4.69, 9.17) is 5.84 Å². The van der Waals surface area contributed by atoms with Crippen molar-refractivity contribution in [3.05, 3.63) is 53.3 Å². The fraction of sp³-hybridized carbons (Fsp3) is 0.400. The molecule has 1 heterocycles. The first-order valence-electron chi connectivity index (χ1n) is 6.67. The fourth-order valence-corrected chi connectivity index (χ4v) is 2.34. The van der Waals surface area contributed by atoms with Gasteiger partial charge < -0.3 is 0 Å². The first-order chi connectivity index (χ1) is 9.19. The molecule has 4 nitrogen and oxygen atoms in total. The highest BCUT2D eigenvalue weighted by atomic mass is 15.3. The van der Waals surface area contributed by atoms with Crippen molar-refractivity contribution in [2.45, 2.75) is 32.2 Å². The lowest BCUT2D eigenvalue weighted by atomic mass is 10.0. The summed E-state index contributed by atoms with van der Waals surface area (Å²) in [4.78, 5) is 0. The minimum Gasteiger partial charge on any atom is -0.273 e. The van der Waals surface area contributed by atoms with Gasteiger partial charge >= 0.3 is 0 Å². The predicted octanol–water partition coefficient (Wildman–Crippen LogP) is 1.74. The van der Waals surface area contributed by atoms with E-state index in [2.05, 4.69) is 47.8 Å². The molecule has 1 aromatic carbocycles. The molecule has 19 heavy (non-hydrogen) atoms. The molecule has 1 atom stereocenters. The van der Waals surface area contributed by atoms with Gasteiger partial charge in [-0.05, 0) is 37.8 Å². The monoisotopic (exact) mass is 258 g/mol. The Hall–Kier alpha value is -1.65. The molecule has 4 heteroatoms. The highest BCUT2D eigenvalue weighted by Gasteiger charge is 2.09. The maximum Gasteiger partial charge on any atom is 0.0492 e. The number of aryl methyl sites for hydroxylation is 3. The number of hydrogen-bond acceptors (Lipinski definition) is 3. The van der Waals surface area contributed by atoms with Crippen molar-refractivity contribution >= 4 is 0 Å². The van der Waals surface area contributed by atoms with Crippen molar-refractivity contribution in [2.75, 3.05) is 0 Å². The van der Waals surface area contributed by atoms with Crippen LogP contribution < -0.4 is 11.3 Å². The lowest BCUT2D eigenvalue weighted by Crippen LogP contribution is -2.37. The van der Waals surface area contributed by atoms with Gasteiger partial charge in [0.2, 0.25) is 0 Å². The first-order valence-corrected chi connectivity index (χ1v) is 6.67. The standard InChI is InChI=1S/C15H22N4/c1-12-4-3-5-13(10-12)11-14(18-16)6-7-15-8-9-17-19(15)2/h3-5,8-10,14,18H,6-7,11,16H2,1-2H3. The molecule has 2 aromatic rings. The van der Waals surface area contributed by atoms with E-state index in [0.717, 1.165) is 19.3 Å². The predicted molar refractivity (Wildman–Crippen MR) is 77.5 cm³/mol. The minimum atomic E-state index is 0.289. The molecule has 0 spiro atoms. The van der Waals surface area contributed by atoms with Gasteiger partial charge in [0.1, 0.15) is 0 Å². The number of nitrogens with two attached hydrogens (primary N) is 1. The molecule has 0 aliphatic heterocycles. The summed E-state index contributed by atoms with van der Waals surface area (Å²) in [6.07, 6.45) is 4.78. The average Bonchev–Trinajstić information content (AvgIpc) is 2.80. The van der Waals surface area contributed by atoms with Gasteiger partial charge in [0.15, 0.2) is 0 Å². The van der Waals surface area contributed by atoms with Crippen LogP contribution in [0.4, 0.5) is 0 Å². The largest absolute Gasteiger partial charge is 0.273 e. The van der Waals surface area contributed by atoms with Crippen molar-refractivity contribution in [1.29, 1.82) is 0 Å². The van der Waals surface area contributed by atoms with Crippen LogP contribution >= 0.6 is 0 Å². The molecule has 1 unspecified atom stereocenters. The minimum absolute atomic E-state index is 0.289. The summed E-state index contributed by atoms with van der Waals surface area (Å²) in [6.45, 7) is 2.12. The highest BCUT2D eigenvalue weighted by molar-refractivity contribution is 5.23. The van der Waals surface area contributed by atoms with Crippen LogP contribution in [-0.4, -0.2) is 15.8 Å². The van der Waals surface area contributed by atoms with E-state index in [1.807, 2.05) is 17.9 Å². The van der Waals surface area contributed by atoms with Gasteiger partial charge in [0.05, 0.1) is 0 Å². The van der Waals surface area contributed by atoms with Crippen LogP contribution in [0.3, 0.4) is 0 Å². The molecule has 0 amide bonds. The highest BCUT2D eigenvalue weighted by Crippen LogP contribution is 2.10. The third kappa shape index (κ3) is 3.91. The van der Waals surface area contributed by atoms with Crippen molar-refractivity contribution in [2.24, 2.45) is 12.9 Å². The summed E-state index contributed by atoms with van der Waals surface area (Å²) >= 11 is 0.